The van der Waals surface area contributed by atoms with Crippen LogP contribution in [-0.4, -0.2) is 32.3 Å². The summed E-state index contributed by atoms with van der Waals surface area (Å²) in [5.41, 5.74) is 1.02. The molecule has 24 heavy (non-hydrogen) atoms. The van der Waals surface area contributed by atoms with Crippen molar-refractivity contribution in [2.75, 3.05) is 20.4 Å². The molecule has 0 aliphatic heterocycles. The van der Waals surface area contributed by atoms with E-state index in [4.69, 9.17) is 13.8 Å². The molecule has 2 rings (SSSR count). The van der Waals surface area contributed by atoms with Crippen LogP contribution < -0.4 is 0 Å². The largest absolute Gasteiger partial charge is 0.365 e. The maximum Gasteiger partial charge on any atom is 0.337 e. The van der Waals surface area contributed by atoms with Gasteiger partial charge in [-0.05, 0) is 24.3 Å². The summed E-state index contributed by atoms with van der Waals surface area (Å²) in [6.45, 7) is 0.373. The average Bonchev–Trinajstić information content (AvgIpc) is 2.63. The number of hydrogen-bond donors (Lipinski definition) is 0. The maximum absolute atomic E-state index is 12.7. The quantitative estimate of drug-likeness (QED) is 0.622. The van der Waals surface area contributed by atoms with Crippen molar-refractivity contribution in [3.63, 3.8) is 0 Å². The fourth-order valence-electron chi connectivity index (χ4n) is 3.17. The number of carbonyl (C=O) groups is 1. The molecule has 134 valence electrons. The van der Waals surface area contributed by atoms with Gasteiger partial charge in [0.1, 0.15) is 12.3 Å². The minimum absolute atomic E-state index is 0.178. The molecule has 0 aromatic heterocycles. The predicted molar refractivity (Wildman–Crippen MR) is 93.1 cm³/mol. The van der Waals surface area contributed by atoms with E-state index in [0.717, 1.165) is 31.2 Å². The van der Waals surface area contributed by atoms with Gasteiger partial charge < -0.3 is 13.8 Å². The SMILES string of the molecule is COP(=O)(CC(=O)[C@@H](OCc1ccccc1)C1CCCCC1)OC. The molecule has 1 aliphatic rings. The average molecular weight is 354 g/mol. The van der Waals surface area contributed by atoms with Gasteiger partial charge in [-0.25, -0.2) is 0 Å². The molecule has 1 atom stereocenters. The van der Waals surface area contributed by atoms with Gasteiger partial charge in [0.2, 0.25) is 0 Å². The first-order valence-electron chi connectivity index (χ1n) is 8.47. The molecule has 1 aromatic rings. The van der Waals surface area contributed by atoms with Crippen molar-refractivity contribution >= 4 is 13.4 Å². The van der Waals surface area contributed by atoms with E-state index >= 15 is 0 Å². The molecule has 0 heterocycles. The molecule has 0 amide bonds. The maximum atomic E-state index is 12.7. The lowest BCUT2D eigenvalue weighted by Gasteiger charge is -2.30. The lowest BCUT2D eigenvalue weighted by molar-refractivity contribution is -0.134. The van der Waals surface area contributed by atoms with Crippen molar-refractivity contribution in [2.45, 2.75) is 44.8 Å². The monoisotopic (exact) mass is 354 g/mol. The summed E-state index contributed by atoms with van der Waals surface area (Å²) < 4.78 is 28.1. The van der Waals surface area contributed by atoms with Gasteiger partial charge >= 0.3 is 7.60 Å². The van der Waals surface area contributed by atoms with Crippen molar-refractivity contribution in [3.05, 3.63) is 35.9 Å². The highest BCUT2D eigenvalue weighted by molar-refractivity contribution is 7.54. The van der Waals surface area contributed by atoms with Gasteiger partial charge in [-0.15, -0.1) is 0 Å². The number of rotatable bonds is 9. The normalized spacial score (nSPS) is 17.6. The van der Waals surface area contributed by atoms with Crippen molar-refractivity contribution in [3.8, 4) is 0 Å². The van der Waals surface area contributed by atoms with Crippen molar-refractivity contribution in [1.82, 2.24) is 0 Å². The Morgan fingerprint density at radius 1 is 1.12 bits per heavy atom. The molecule has 1 fully saturated rings. The molecule has 1 aromatic carbocycles. The second-order valence-corrected chi connectivity index (χ2v) is 8.48. The molecule has 1 saturated carbocycles. The summed E-state index contributed by atoms with van der Waals surface area (Å²) in [6, 6.07) is 9.77. The fraction of sp³-hybridized carbons (Fsp3) is 0.611. The van der Waals surface area contributed by atoms with Gasteiger partial charge in [0.05, 0.1) is 6.61 Å². The molecular weight excluding hydrogens is 327 g/mol. The Morgan fingerprint density at radius 3 is 2.33 bits per heavy atom. The Kier molecular flexibility index (Phi) is 7.63. The molecule has 0 unspecified atom stereocenters. The van der Waals surface area contributed by atoms with Gasteiger partial charge in [-0.3, -0.25) is 9.36 Å². The zero-order valence-corrected chi connectivity index (χ0v) is 15.4. The third kappa shape index (κ3) is 5.52. The second-order valence-electron chi connectivity index (χ2n) is 6.22. The van der Waals surface area contributed by atoms with E-state index < -0.39 is 13.7 Å². The number of carbonyl (C=O) groups excluding carboxylic acids is 1. The van der Waals surface area contributed by atoms with E-state index in [-0.39, 0.29) is 17.9 Å². The second kappa shape index (κ2) is 9.47. The smallest absolute Gasteiger partial charge is 0.337 e. The Morgan fingerprint density at radius 2 is 1.75 bits per heavy atom. The summed E-state index contributed by atoms with van der Waals surface area (Å²) in [4.78, 5) is 12.7. The van der Waals surface area contributed by atoms with Crippen LogP contribution in [0.3, 0.4) is 0 Å². The summed E-state index contributed by atoms with van der Waals surface area (Å²) in [5.74, 6) is -0.0120. The highest BCUT2D eigenvalue weighted by atomic mass is 31.2. The molecule has 0 N–H and O–H groups in total. The van der Waals surface area contributed by atoms with E-state index in [1.54, 1.807) is 0 Å². The third-order valence-electron chi connectivity index (χ3n) is 4.57. The van der Waals surface area contributed by atoms with E-state index in [1.165, 1.54) is 20.6 Å². The molecule has 5 nitrogen and oxygen atoms in total. The summed E-state index contributed by atoms with van der Waals surface area (Å²) in [6.07, 6.45) is 4.56. The lowest BCUT2D eigenvalue weighted by Crippen LogP contribution is -2.36. The summed E-state index contributed by atoms with van der Waals surface area (Å²) in [7, 11) is -0.760. The Labute approximate surface area is 144 Å². The highest BCUT2D eigenvalue weighted by Gasteiger charge is 2.35. The van der Waals surface area contributed by atoms with Crippen molar-refractivity contribution in [1.29, 1.82) is 0 Å². The minimum atomic E-state index is -3.37. The number of ether oxygens (including phenoxy) is 1. The summed E-state index contributed by atoms with van der Waals surface area (Å²) in [5, 5.41) is 0. The Balaban J connectivity index is 2.06. The van der Waals surface area contributed by atoms with E-state index in [0.29, 0.717) is 6.61 Å². The van der Waals surface area contributed by atoms with Crippen molar-refractivity contribution < 1.29 is 23.1 Å². The highest BCUT2D eigenvalue weighted by Crippen LogP contribution is 2.47. The number of benzene rings is 1. The molecular formula is C18H27O5P. The van der Waals surface area contributed by atoms with Crippen LogP contribution in [0.5, 0.6) is 0 Å². The van der Waals surface area contributed by atoms with E-state index in [1.807, 2.05) is 30.3 Å². The Bertz CT molecular complexity index is 546. The fourth-order valence-corrected chi connectivity index (χ4v) is 4.14. The van der Waals surface area contributed by atoms with Crippen LogP contribution in [0.2, 0.25) is 0 Å². The van der Waals surface area contributed by atoms with Crippen LogP contribution in [0.1, 0.15) is 37.7 Å². The van der Waals surface area contributed by atoms with Crippen LogP contribution in [-0.2, 0) is 29.8 Å². The van der Waals surface area contributed by atoms with Crippen LogP contribution in [0.25, 0.3) is 0 Å². The van der Waals surface area contributed by atoms with Gasteiger partial charge in [0.15, 0.2) is 5.78 Å². The predicted octanol–water partition coefficient (Wildman–Crippen LogP) is 4.21. The molecule has 0 radical (unpaired) electrons. The van der Waals surface area contributed by atoms with Crippen molar-refractivity contribution in [2.24, 2.45) is 5.92 Å². The first kappa shape index (κ1) is 19.3. The number of hydrogen-bond acceptors (Lipinski definition) is 5. The number of ketones is 1. The first-order valence-corrected chi connectivity index (χ1v) is 10.2. The van der Waals surface area contributed by atoms with Crippen LogP contribution in [0.4, 0.5) is 0 Å². The molecule has 0 bridgehead atoms. The first-order chi connectivity index (χ1) is 11.6. The standard InChI is InChI=1S/C18H27O5P/c1-21-24(20,22-2)14-17(19)18(16-11-7-4-8-12-16)23-13-15-9-5-3-6-10-15/h3,5-6,9-10,16,18H,4,7-8,11-14H2,1-2H3/t18-/m0/s1. The Hall–Kier alpha value is -1.00. The topological polar surface area (TPSA) is 61.8 Å². The van der Waals surface area contributed by atoms with Crippen LogP contribution in [0.15, 0.2) is 30.3 Å². The van der Waals surface area contributed by atoms with Gasteiger partial charge in [-0.2, -0.15) is 0 Å². The van der Waals surface area contributed by atoms with Crippen LogP contribution >= 0.6 is 7.60 Å². The van der Waals surface area contributed by atoms with E-state index in [2.05, 4.69) is 0 Å². The van der Waals surface area contributed by atoms with E-state index in [9.17, 15) is 9.36 Å². The molecule has 6 heteroatoms. The zero-order valence-electron chi connectivity index (χ0n) is 14.5. The van der Waals surface area contributed by atoms with Gasteiger partial charge in [-0.1, -0.05) is 49.6 Å². The van der Waals surface area contributed by atoms with Gasteiger partial charge in [0, 0.05) is 14.2 Å². The summed E-state index contributed by atoms with van der Waals surface area (Å²) >= 11 is 0. The minimum Gasteiger partial charge on any atom is -0.365 e. The van der Waals surface area contributed by atoms with Crippen LogP contribution in [0, 0.1) is 5.92 Å². The third-order valence-corrected chi connectivity index (χ3v) is 6.39. The molecule has 1 aliphatic carbocycles. The molecule has 0 spiro atoms. The molecule has 0 saturated heterocycles. The number of Topliss-reactive ketones (excluding diaryl/α,β-unsaturated/α-hetero) is 1. The lowest BCUT2D eigenvalue weighted by atomic mass is 9.84. The van der Waals surface area contributed by atoms with Gasteiger partial charge in [0.25, 0.3) is 0 Å². The zero-order chi connectivity index (χ0) is 17.4.